The van der Waals surface area contributed by atoms with E-state index in [0.717, 1.165) is 5.56 Å². The largest absolute Gasteiger partial charge is 0.496 e. The van der Waals surface area contributed by atoms with Gasteiger partial charge in [-0.15, -0.1) is 0 Å². The predicted molar refractivity (Wildman–Crippen MR) is 95.0 cm³/mol. The number of hydrogen-bond donors (Lipinski definition) is 2. The van der Waals surface area contributed by atoms with Crippen molar-refractivity contribution < 1.29 is 28.9 Å². The Kier molecular flexibility index (Phi) is 6.43. The number of hydrogen-bond acceptors (Lipinski definition) is 5. The van der Waals surface area contributed by atoms with E-state index in [0.29, 0.717) is 17.1 Å². The second kappa shape index (κ2) is 8.75. The third-order valence-corrected chi connectivity index (χ3v) is 3.66. The minimum absolute atomic E-state index is 0.0416. The summed E-state index contributed by atoms with van der Waals surface area (Å²) < 4.78 is 15.7. The minimum atomic E-state index is -1.09. The van der Waals surface area contributed by atoms with Crippen molar-refractivity contribution in [2.24, 2.45) is 0 Å². The average molecular weight is 359 g/mol. The van der Waals surface area contributed by atoms with Crippen LogP contribution in [0.2, 0.25) is 0 Å². The average Bonchev–Trinajstić information content (AvgIpc) is 2.64. The standard InChI is InChI=1S/C19H21NO6/c1-12-4-6-16(17(8-12)25-3)26-11-18(21)20-10-13-5-7-15(24-2)14(9-13)19(22)23/h4-9H,10-11H2,1-3H3,(H,20,21)(H,22,23). The van der Waals surface area contributed by atoms with Crippen LogP contribution in [0.1, 0.15) is 21.5 Å². The first-order valence-corrected chi connectivity index (χ1v) is 7.89. The molecular formula is C19H21NO6. The number of rotatable bonds is 8. The Morgan fingerprint density at radius 3 is 2.35 bits per heavy atom. The maximum Gasteiger partial charge on any atom is 0.339 e. The summed E-state index contributed by atoms with van der Waals surface area (Å²) in [6.07, 6.45) is 0. The highest BCUT2D eigenvalue weighted by molar-refractivity contribution is 5.91. The molecule has 138 valence electrons. The number of methoxy groups -OCH3 is 2. The van der Waals surface area contributed by atoms with Crippen LogP contribution < -0.4 is 19.5 Å². The molecule has 2 aromatic rings. The van der Waals surface area contributed by atoms with Gasteiger partial charge < -0.3 is 24.6 Å². The lowest BCUT2D eigenvalue weighted by atomic mass is 10.1. The summed E-state index contributed by atoms with van der Waals surface area (Å²) in [5.41, 5.74) is 1.71. The first-order chi connectivity index (χ1) is 12.4. The second-order valence-corrected chi connectivity index (χ2v) is 5.56. The number of amides is 1. The summed E-state index contributed by atoms with van der Waals surface area (Å²) in [4.78, 5) is 23.2. The van der Waals surface area contributed by atoms with Crippen molar-refractivity contribution in [1.82, 2.24) is 5.32 Å². The fraction of sp³-hybridized carbons (Fsp3) is 0.263. The van der Waals surface area contributed by atoms with E-state index < -0.39 is 5.97 Å². The Labute approximate surface area is 151 Å². The number of carbonyl (C=O) groups is 2. The summed E-state index contributed by atoms with van der Waals surface area (Å²) in [6, 6.07) is 10.1. The van der Waals surface area contributed by atoms with Gasteiger partial charge in [0.25, 0.3) is 5.91 Å². The summed E-state index contributed by atoms with van der Waals surface area (Å²) in [6.45, 7) is 1.93. The minimum Gasteiger partial charge on any atom is -0.496 e. The maximum atomic E-state index is 12.0. The van der Waals surface area contributed by atoms with Crippen molar-refractivity contribution in [3.8, 4) is 17.2 Å². The van der Waals surface area contributed by atoms with E-state index in [2.05, 4.69) is 5.32 Å². The molecule has 0 aliphatic rings. The van der Waals surface area contributed by atoms with Crippen LogP contribution in [0.15, 0.2) is 36.4 Å². The molecule has 0 aliphatic carbocycles. The van der Waals surface area contributed by atoms with E-state index in [9.17, 15) is 14.7 Å². The topological polar surface area (TPSA) is 94.1 Å². The third-order valence-electron chi connectivity index (χ3n) is 3.66. The highest BCUT2D eigenvalue weighted by atomic mass is 16.5. The first kappa shape index (κ1) is 19.1. The molecule has 0 radical (unpaired) electrons. The molecule has 0 fully saturated rings. The lowest BCUT2D eigenvalue weighted by Gasteiger charge is -2.12. The van der Waals surface area contributed by atoms with E-state index in [1.165, 1.54) is 20.3 Å². The zero-order chi connectivity index (χ0) is 19.1. The number of carbonyl (C=O) groups excluding carboxylic acids is 1. The number of nitrogens with one attached hydrogen (secondary N) is 1. The molecule has 0 spiro atoms. The Morgan fingerprint density at radius 2 is 1.69 bits per heavy atom. The molecule has 0 unspecified atom stereocenters. The number of aryl methyl sites for hydroxylation is 1. The van der Waals surface area contributed by atoms with E-state index >= 15 is 0 Å². The molecule has 1 amide bonds. The van der Waals surface area contributed by atoms with Gasteiger partial charge in [0.05, 0.1) is 14.2 Å². The van der Waals surface area contributed by atoms with Crippen LogP contribution in [0, 0.1) is 6.92 Å². The normalized spacial score (nSPS) is 10.1. The highest BCUT2D eigenvalue weighted by Gasteiger charge is 2.12. The monoisotopic (exact) mass is 359 g/mol. The Hall–Kier alpha value is -3.22. The van der Waals surface area contributed by atoms with Gasteiger partial charge in [0, 0.05) is 6.54 Å². The van der Waals surface area contributed by atoms with Crippen molar-refractivity contribution in [3.05, 3.63) is 53.1 Å². The number of carboxylic acids is 1. The van der Waals surface area contributed by atoms with Crippen LogP contribution in [-0.4, -0.2) is 37.8 Å². The molecule has 7 heteroatoms. The van der Waals surface area contributed by atoms with Crippen LogP contribution in [-0.2, 0) is 11.3 Å². The van der Waals surface area contributed by atoms with Crippen molar-refractivity contribution >= 4 is 11.9 Å². The third kappa shape index (κ3) is 4.89. The van der Waals surface area contributed by atoms with Gasteiger partial charge in [-0.1, -0.05) is 12.1 Å². The zero-order valence-corrected chi connectivity index (χ0v) is 14.9. The van der Waals surface area contributed by atoms with E-state index in [-0.39, 0.29) is 30.4 Å². The number of aromatic carboxylic acids is 1. The van der Waals surface area contributed by atoms with Crippen molar-refractivity contribution in [3.63, 3.8) is 0 Å². The fourth-order valence-electron chi connectivity index (χ4n) is 2.32. The highest BCUT2D eigenvalue weighted by Crippen LogP contribution is 2.27. The van der Waals surface area contributed by atoms with Gasteiger partial charge in [-0.3, -0.25) is 4.79 Å². The molecule has 2 N–H and O–H groups in total. The first-order valence-electron chi connectivity index (χ1n) is 7.89. The summed E-state index contributed by atoms with van der Waals surface area (Å²) >= 11 is 0. The quantitative estimate of drug-likeness (QED) is 0.752. The fourth-order valence-corrected chi connectivity index (χ4v) is 2.32. The maximum absolute atomic E-state index is 12.0. The lowest BCUT2D eigenvalue weighted by Crippen LogP contribution is -2.28. The van der Waals surface area contributed by atoms with Crippen LogP contribution in [0.5, 0.6) is 17.2 Å². The van der Waals surface area contributed by atoms with Crippen LogP contribution in [0.25, 0.3) is 0 Å². The van der Waals surface area contributed by atoms with Crippen molar-refractivity contribution in [2.45, 2.75) is 13.5 Å². The summed E-state index contributed by atoms with van der Waals surface area (Å²) in [5.74, 6) is -0.127. The molecule has 2 aromatic carbocycles. The Balaban J connectivity index is 1.93. The number of benzene rings is 2. The van der Waals surface area contributed by atoms with Crippen LogP contribution >= 0.6 is 0 Å². The van der Waals surface area contributed by atoms with Crippen molar-refractivity contribution in [1.29, 1.82) is 0 Å². The SMILES string of the molecule is COc1cc(C)ccc1OCC(=O)NCc1ccc(OC)c(C(=O)O)c1. The van der Waals surface area contributed by atoms with E-state index in [1.54, 1.807) is 18.2 Å². The molecule has 0 saturated carbocycles. The molecule has 26 heavy (non-hydrogen) atoms. The number of ether oxygens (including phenoxy) is 3. The van der Waals surface area contributed by atoms with Gasteiger partial charge in [0.2, 0.25) is 0 Å². The van der Waals surface area contributed by atoms with E-state index in [1.807, 2.05) is 19.1 Å². The smallest absolute Gasteiger partial charge is 0.339 e. The molecule has 0 aromatic heterocycles. The van der Waals surface area contributed by atoms with E-state index in [4.69, 9.17) is 14.2 Å². The van der Waals surface area contributed by atoms with Crippen molar-refractivity contribution in [2.75, 3.05) is 20.8 Å². The summed E-state index contributed by atoms with van der Waals surface area (Å²) in [7, 11) is 2.94. The molecule has 7 nitrogen and oxygen atoms in total. The molecule has 0 heterocycles. The van der Waals surface area contributed by atoms with Crippen LogP contribution in [0.3, 0.4) is 0 Å². The Bertz CT molecular complexity index is 803. The van der Waals surface area contributed by atoms with Gasteiger partial charge in [-0.2, -0.15) is 0 Å². The van der Waals surface area contributed by atoms with Gasteiger partial charge >= 0.3 is 5.97 Å². The van der Waals surface area contributed by atoms with Gasteiger partial charge in [-0.05, 0) is 42.3 Å². The zero-order valence-electron chi connectivity index (χ0n) is 14.9. The summed E-state index contributed by atoms with van der Waals surface area (Å²) in [5, 5.41) is 11.9. The van der Waals surface area contributed by atoms with Crippen LogP contribution in [0.4, 0.5) is 0 Å². The molecule has 0 saturated heterocycles. The number of carboxylic acid groups (broad SMARTS) is 1. The molecular weight excluding hydrogens is 338 g/mol. The second-order valence-electron chi connectivity index (χ2n) is 5.56. The van der Waals surface area contributed by atoms with Gasteiger partial charge in [0.1, 0.15) is 11.3 Å². The van der Waals surface area contributed by atoms with Gasteiger partial charge in [-0.25, -0.2) is 4.79 Å². The Morgan fingerprint density at radius 1 is 1.00 bits per heavy atom. The molecule has 0 bridgehead atoms. The lowest BCUT2D eigenvalue weighted by molar-refractivity contribution is -0.123. The molecule has 0 aliphatic heterocycles. The molecule has 2 rings (SSSR count). The van der Waals surface area contributed by atoms with Gasteiger partial charge in [0.15, 0.2) is 18.1 Å². The predicted octanol–water partition coefficient (Wildman–Crippen LogP) is 2.41. The molecule has 0 atom stereocenters.